The summed E-state index contributed by atoms with van der Waals surface area (Å²) in [7, 11) is 0. The molecule has 0 radical (unpaired) electrons. The molecule has 2 aromatic heterocycles. The van der Waals surface area contributed by atoms with Crippen molar-refractivity contribution in [3.8, 4) is 11.5 Å². The minimum Gasteiger partial charge on any atom is -0.454 e. The van der Waals surface area contributed by atoms with Crippen LogP contribution in [0.25, 0.3) is 21.9 Å². The van der Waals surface area contributed by atoms with E-state index in [2.05, 4.69) is 31.0 Å². The number of hydrogen-bond donors (Lipinski definition) is 1. The Kier molecular flexibility index (Phi) is 3.54. The molecule has 3 heterocycles. The number of rotatable bonds is 2. The van der Waals surface area contributed by atoms with Gasteiger partial charge in [0.05, 0.1) is 6.21 Å². The summed E-state index contributed by atoms with van der Waals surface area (Å²) in [5.41, 5.74) is 2.47. The van der Waals surface area contributed by atoms with E-state index >= 15 is 0 Å². The van der Waals surface area contributed by atoms with E-state index in [1.54, 1.807) is 13.1 Å². The molecule has 2 aromatic carbocycles. The third-order valence-corrected chi connectivity index (χ3v) is 4.93. The Hall–Kier alpha value is -3.13. The fourth-order valence-electron chi connectivity index (χ4n) is 3.14. The van der Waals surface area contributed by atoms with Crippen LogP contribution in [0.1, 0.15) is 11.4 Å². The van der Waals surface area contributed by atoms with E-state index in [1.807, 2.05) is 36.4 Å². The number of halogens is 1. The molecule has 27 heavy (non-hydrogen) atoms. The minimum absolute atomic E-state index is 0.214. The van der Waals surface area contributed by atoms with E-state index in [0.29, 0.717) is 28.4 Å². The third-order valence-electron chi connectivity index (χ3n) is 4.44. The van der Waals surface area contributed by atoms with Gasteiger partial charge in [0.1, 0.15) is 16.9 Å². The highest BCUT2D eigenvalue weighted by Crippen LogP contribution is 2.32. The topological polar surface area (TPSA) is 81.5 Å². The number of nitrogens with zero attached hydrogens (tertiary/aromatic N) is 3. The van der Waals surface area contributed by atoms with Gasteiger partial charge in [0.2, 0.25) is 6.79 Å². The summed E-state index contributed by atoms with van der Waals surface area (Å²) in [6.45, 7) is 1.97. The molecule has 0 atom stereocenters. The molecule has 7 nitrogen and oxygen atoms in total. The first-order chi connectivity index (χ1) is 13.1. The molecular formula is C19H13BrN4O3. The molecule has 0 bridgehead atoms. The Morgan fingerprint density at radius 1 is 1.22 bits per heavy atom. The summed E-state index contributed by atoms with van der Waals surface area (Å²) in [4.78, 5) is 20.7. The van der Waals surface area contributed by atoms with E-state index in [-0.39, 0.29) is 12.4 Å². The van der Waals surface area contributed by atoms with Crippen LogP contribution < -0.4 is 15.0 Å². The Labute approximate surface area is 161 Å². The first-order valence-electron chi connectivity index (χ1n) is 8.25. The van der Waals surface area contributed by atoms with E-state index in [0.717, 1.165) is 20.9 Å². The maximum atomic E-state index is 12.9. The molecule has 1 aliphatic rings. The van der Waals surface area contributed by atoms with Crippen LogP contribution in [0.3, 0.4) is 0 Å². The van der Waals surface area contributed by atoms with Crippen molar-refractivity contribution in [2.24, 2.45) is 5.10 Å². The van der Waals surface area contributed by atoms with Crippen molar-refractivity contribution in [3.63, 3.8) is 0 Å². The Bertz CT molecular complexity index is 1310. The van der Waals surface area contributed by atoms with Gasteiger partial charge in [0, 0.05) is 15.4 Å². The Balaban J connectivity index is 1.63. The van der Waals surface area contributed by atoms with Gasteiger partial charge in [-0.15, -0.1) is 0 Å². The van der Waals surface area contributed by atoms with Crippen molar-refractivity contribution >= 4 is 44.1 Å². The maximum Gasteiger partial charge on any atom is 0.298 e. The quantitative estimate of drug-likeness (QED) is 0.498. The minimum atomic E-state index is -0.248. The van der Waals surface area contributed by atoms with Crippen LogP contribution in [-0.4, -0.2) is 27.7 Å². The Morgan fingerprint density at radius 3 is 2.96 bits per heavy atom. The number of hydrogen-bond acceptors (Lipinski definition) is 5. The van der Waals surface area contributed by atoms with Gasteiger partial charge in [-0.25, -0.2) is 4.98 Å². The number of aromatic amines is 1. The lowest BCUT2D eigenvalue weighted by atomic mass is 10.2. The van der Waals surface area contributed by atoms with Gasteiger partial charge >= 0.3 is 0 Å². The molecule has 8 heteroatoms. The molecule has 1 aliphatic heterocycles. The highest BCUT2D eigenvalue weighted by Gasteiger charge is 2.14. The lowest BCUT2D eigenvalue weighted by molar-refractivity contribution is 0.174. The Morgan fingerprint density at radius 2 is 2.07 bits per heavy atom. The highest BCUT2D eigenvalue weighted by atomic mass is 79.9. The zero-order valence-electron chi connectivity index (χ0n) is 14.2. The highest BCUT2D eigenvalue weighted by molar-refractivity contribution is 9.10. The normalized spacial score (nSPS) is 13.3. The number of aromatic nitrogens is 3. The van der Waals surface area contributed by atoms with Gasteiger partial charge in [-0.2, -0.15) is 9.78 Å². The average Bonchev–Trinajstić information content (AvgIpc) is 3.26. The number of fused-ring (bicyclic) bond motifs is 4. The lowest BCUT2D eigenvalue weighted by Gasteiger charge is -2.03. The number of nitrogens with one attached hydrogen (secondary N) is 1. The van der Waals surface area contributed by atoms with Crippen LogP contribution in [-0.2, 0) is 0 Å². The number of aryl methyl sites for hydroxylation is 1. The fraction of sp³-hybridized carbons (Fsp3) is 0.105. The van der Waals surface area contributed by atoms with Gasteiger partial charge in [-0.1, -0.05) is 15.9 Å². The molecule has 134 valence electrons. The molecule has 5 rings (SSSR count). The first-order valence-corrected chi connectivity index (χ1v) is 9.04. The third kappa shape index (κ3) is 2.60. The van der Waals surface area contributed by atoms with Gasteiger partial charge in [0.15, 0.2) is 11.5 Å². The summed E-state index contributed by atoms with van der Waals surface area (Å²) in [6, 6.07) is 11.3. The summed E-state index contributed by atoms with van der Waals surface area (Å²) in [5.74, 6) is 1.87. The molecule has 1 N–H and O–H groups in total. The zero-order chi connectivity index (χ0) is 18.5. The summed E-state index contributed by atoms with van der Waals surface area (Å²) >= 11 is 3.46. The van der Waals surface area contributed by atoms with E-state index < -0.39 is 0 Å². The van der Waals surface area contributed by atoms with Gasteiger partial charge in [-0.05, 0) is 48.9 Å². The van der Waals surface area contributed by atoms with Crippen molar-refractivity contribution < 1.29 is 9.47 Å². The van der Waals surface area contributed by atoms with Crippen molar-refractivity contribution in [1.29, 1.82) is 0 Å². The molecular weight excluding hydrogens is 412 g/mol. The average molecular weight is 425 g/mol. The van der Waals surface area contributed by atoms with E-state index in [1.165, 1.54) is 4.68 Å². The van der Waals surface area contributed by atoms with Crippen molar-refractivity contribution in [2.75, 3.05) is 6.79 Å². The van der Waals surface area contributed by atoms with Crippen LogP contribution in [0.15, 0.2) is 50.8 Å². The summed E-state index contributed by atoms with van der Waals surface area (Å²) < 4.78 is 12.9. The fourth-order valence-corrected chi connectivity index (χ4v) is 3.50. The second kappa shape index (κ2) is 5.95. The second-order valence-corrected chi connectivity index (χ2v) is 7.09. The molecule has 0 saturated carbocycles. The van der Waals surface area contributed by atoms with Crippen LogP contribution in [0, 0.1) is 6.92 Å². The monoisotopic (exact) mass is 424 g/mol. The van der Waals surface area contributed by atoms with E-state index in [9.17, 15) is 4.79 Å². The molecule has 0 aliphatic carbocycles. The molecule has 0 amide bonds. The predicted molar refractivity (Wildman–Crippen MR) is 106 cm³/mol. The van der Waals surface area contributed by atoms with Crippen LogP contribution in [0.4, 0.5) is 0 Å². The zero-order valence-corrected chi connectivity index (χ0v) is 15.8. The van der Waals surface area contributed by atoms with Crippen molar-refractivity contribution in [1.82, 2.24) is 14.6 Å². The first kappa shape index (κ1) is 16.1. The summed E-state index contributed by atoms with van der Waals surface area (Å²) in [6.07, 6.45) is 1.60. The van der Waals surface area contributed by atoms with Crippen molar-refractivity contribution in [3.05, 3.63) is 62.6 Å². The molecule has 4 aromatic rings. The number of benzene rings is 2. The lowest BCUT2D eigenvalue weighted by Crippen LogP contribution is -2.20. The predicted octanol–water partition coefficient (Wildman–Crippen LogP) is 3.56. The van der Waals surface area contributed by atoms with Crippen molar-refractivity contribution in [2.45, 2.75) is 6.92 Å². The molecule has 0 spiro atoms. The maximum absolute atomic E-state index is 12.9. The molecule has 0 saturated heterocycles. The van der Waals surface area contributed by atoms with Crippen LogP contribution in [0.5, 0.6) is 11.5 Å². The SMILES string of the molecule is Cc1nc2c([nH]c3ccc(Br)cc32)c(=O)n1/N=C\c1ccc2c(c1)OCO2. The second-order valence-electron chi connectivity index (χ2n) is 6.17. The summed E-state index contributed by atoms with van der Waals surface area (Å²) in [5, 5.41) is 5.22. The number of ether oxygens (including phenoxy) is 2. The molecule has 0 unspecified atom stereocenters. The van der Waals surface area contributed by atoms with Crippen LogP contribution in [0.2, 0.25) is 0 Å². The number of H-pyrrole nitrogens is 1. The van der Waals surface area contributed by atoms with Gasteiger partial charge in [-0.3, -0.25) is 4.79 Å². The smallest absolute Gasteiger partial charge is 0.298 e. The standard InChI is InChI=1S/C19H13BrN4O3/c1-10-22-17-13-7-12(20)3-4-14(13)23-18(17)19(25)24(10)21-8-11-2-5-15-16(6-11)27-9-26-15/h2-8,23H,9H2,1H3/b21-8-. The van der Waals surface area contributed by atoms with Crippen LogP contribution >= 0.6 is 15.9 Å². The van der Waals surface area contributed by atoms with Gasteiger partial charge < -0.3 is 14.5 Å². The van der Waals surface area contributed by atoms with E-state index in [4.69, 9.17) is 9.47 Å². The largest absolute Gasteiger partial charge is 0.454 e. The molecule has 0 fully saturated rings. The van der Waals surface area contributed by atoms with Gasteiger partial charge in [0.25, 0.3) is 5.56 Å².